The van der Waals surface area contributed by atoms with Gasteiger partial charge in [0.1, 0.15) is 24.2 Å². The van der Waals surface area contributed by atoms with E-state index in [2.05, 4.69) is 45.6 Å². The van der Waals surface area contributed by atoms with Crippen molar-refractivity contribution in [3.63, 3.8) is 0 Å². The maximum absolute atomic E-state index is 13.1. The predicted molar refractivity (Wildman–Crippen MR) is 195 cm³/mol. The lowest BCUT2D eigenvalue weighted by Gasteiger charge is -2.26. The van der Waals surface area contributed by atoms with Gasteiger partial charge in [0.05, 0.1) is 12.0 Å². The fourth-order valence-electron chi connectivity index (χ4n) is 5.02. The number of hydrogen-bond acceptors (Lipinski definition) is 10. The van der Waals surface area contributed by atoms with E-state index in [0.29, 0.717) is 19.4 Å². The number of nitrogens with one attached hydrogen (secondary N) is 5. The van der Waals surface area contributed by atoms with Crippen LogP contribution in [-0.2, 0) is 25.6 Å². The van der Waals surface area contributed by atoms with Gasteiger partial charge in [0.15, 0.2) is 0 Å². The molecular weight excluding hydrogens is 657 g/mol. The number of amides is 5. The number of carbonyl (C=O) groups excluding carboxylic acids is 5. The number of benzene rings is 2. The summed E-state index contributed by atoms with van der Waals surface area (Å²) in [7, 11) is -1.82. The maximum Gasteiger partial charge on any atom is 0.475 e. The maximum atomic E-state index is 13.1. The first-order valence-corrected chi connectivity index (χ1v) is 17.4. The molecular formula is C35H54BN7O8. The highest BCUT2D eigenvalue weighted by atomic mass is 16.4. The highest BCUT2D eigenvalue weighted by molar-refractivity contribution is 6.43. The van der Waals surface area contributed by atoms with E-state index >= 15 is 0 Å². The Balaban J connectivity index is 2.02. The van der Waals surface area contributed by atoms with Gasteiger partial charge in [0, 0.05) is 12.1 Å². The molecule has 0 spiro atoms. The van der Waals surface area contributed by atoms with Gasteiger partial charge >= 0.3 is 7.12 Å². The van der Waals surface area contributed by atoms with Gasteiger partial charge in [-0.1, -0.05) is 49.7 Å². The van der Waals surface area contributed by atoms with E-state index in [0.717, 1.165) is 30.4 Å². The van der Waals surface area contributed by atoms with Crippen molar-refractivity contribution >= 4 is 36.7 Å². The minimum atomic E-state index is -1.82. The predicted octanol–water partition coefficient (Wildman–Crippen LogP) is -0.746. The molecule has 12 N–H and O–H groups in total. The van der Waals surface area contributed by atoms with Gasteiger partial charge in [-0.05, 0) is 88.2 Å². The molecule has 15 nitrogen and oxygen atoms in total. The third-order valence-corrected chi connectivity index (χ3v) is 8.32. The Labute approximate surface area is 299 Å². The largest absolute Gasteiger partial charge is 0.475 e. The molecule has 51 heavy (non-hydrogen) atoms. The summed E-state index contributed by atoms with van der Waals surface area (Å²) in [5.74, 6) is -4.72. The second-order valence-electron chi connectivity index (χ2n) is 12.7. The average Bonchev–Trinajstić information content (AvgIpc) is 3.11. The molecule has 0 fully saturated rings. The Morgan fingerprint density at radius 1 is 0.706 bits per heavy atom. The fourth-order valence-corrected chi connectivity index (χ4v) is 5.02. The highest BCUT2D eigenvalue weighted by Crippen LogP contribution is 2.21. The summed E-state index contributed by atoms with van der Waals surface area (Å²) in [5.41, 5.74) is 14.8. The molecule has 280 valence electrons. The molecule has 5 amide bonds. The van der Waals surface area contributed by atoms with E-state index in [9.17, 15) is 39.1 Å². The van der Waals surface area contributed by atoms with Gasteiger partial charge < -0.3 is 53.2 Å². The first-order chi connectivity index (χ1) is 24.2. The second kappa shape index (κ2) is 21.8. The standard InChI is InChI=1S/C35H54BN7O8/c1-5-6-9-24-11-13-25(14-12-24)26-15-17-27(18-16-26)32(46)42-29(20-38)34(48)43-30(22(3)44)35(49)39-21(2)31(45)41-28(10-7-8-19-37)33(47)40-23(4)36(50)51/h11-18,21-23,28-30,44,50-51H,5-10,19-20,37-38H2,1-4H3,(H,39,49)(H,40,47)(H,41,45)(H,42,46)(H,43,48)/t21-,22+,23-,28-,29-,30-/m0/s1. The van der Waals surface area contributed by atoms with Crippen molar-refractivity contribution in [2.75, 3.05) is 13.1 Å². The molecule has 0 aliphatic heterocycles. The van der Waals surface area contributed by atoms with Crippen LogP contribution < -0.4 is 38.1 Å². The van der Waals surface area contributed by atoms with Crippen LogP contribution in [0.15, 0.2) is 48.5 Å². The van der Waals surface area contributed by atoms with Gasteiger partial charge in [-0.25, -0.2) is 0 Å². The Morgan fingerprint density at radius 2 is 1.29 bits per heavy atom. The lowest BCUT2D eigenvalue weighted by Crippen LogP contribution is -2.61. The summed E-state index contributed by atoms with van der Waals surface area (Å²) in [4.78, 5) is 65.0. The molecule has 0 unspecified atom stereocenters. The van der Waals surface area contributed by atoms with E-state index in [1.165, 1.54) is 26.3 Å². The van der Waals surface area contributed by atoms with E-state index in [-0.39, 0.29) is 18.5 Å². The Kier molecular flexibility index (Phi) is 18.3. The molecule has 2 aromatic rings. The summed E-state index contributed by atoms with van der Waals surface area (Å²) in [6, 6.07) is 10.0. The van der Waals surface area contributed by atoms with E-state index in [1.54, 1.807) is 24.3 Å². The molecule has 0 saturated heterocycles. The van der Waals surface area contributed by atoms with Crippen LogP contribution in [0.3, 0.4) is 0 Å². The van der Waals surface area contributed by atoms with Crippen LogP contribution in [0.5, 0.6) is 0 Å². The smallest absolute Gasteiger partial charge is 0.426 e. The summed E-state index contributed by atoms with van der Waals surface area (Å²) in [6.07, 6.45) is 3.10. The first-order valence-electron chi connectivity index (χ1n) is 17.4. The highest BCUT2D eigenvalue weighted by Gasteiger charge is 2.32. The molecule has 6 atom stereocenters. The molecule has 2 aromatic carbocycles. The molecule has 2 rings (SSSR count). The average molecular weight is 712 g/mol. The normalized spacial score (nSPS) is 14.5. The summed E-state index contributed by atoms with van der Waals surface area (Å²) in [6.45, 7) is 6.19. The van der Waals surface area contributed by atoms with Gasteiger partial charge in [-0.2, -0.15) is 0 Å². The topological polar surface area (TPSA) is 258 Å². The van der Waals surface area contributed by atoms with Crippen LogP contribution in [0, 0.1) is 0 Å². The minimum absolute atomic E-state index is 0.194. The Morgan fingerprint density at radius 3 is 1.82 bits per heavy atom. The van der Waals surface area contributed by atoms with Crippen LogP contribution in [-0.4, -0.2) is 101 Å². The fraction of sp³-hybridized carbons (Fsp3) is 0.514. The van der Waals surface area contributed by atoms with Gasteiger partial charge in [0.25, 0.3) is 5.91 Å². The molecule has 0 aliphatic rings. The van der Waals surface area contributed by atoms with Gasteiger partial charge in [0.2, 0.25) is 23.6 Å². The van der Waals surface area contributed by atoms with Crippen molar-refractivity contribution in [1.82, 2.24) is 26.6 Å². The van der Waals surface area contributed by atoms with Crippen molar-refractivity contribution in [3.05, 3.63) is 59.7 Å². The summed E-state index contributed by atoms with van der Waals surface area (Å²) < 4.78 is 0. The monoisotopic (exact) mass is 711 g/mol. The second-order valence-corrected chi connectivity index (χ2v) is 12.7. The summed E-state index contributed by atoms with van der Waals surface area (Å²) >= 11 is 0. The van der Waals surface area contributed by atoms with Crippen molar-refractivity contribution in [3.8, 4) is 11.1 Å². The number of unbranched alkanes of at least 4 members (excludes halogenated alkanes) is 2. The number of carbonyl (C=O) groups is 5. The van der Waals surface area contributed by atoms with Crippen LogP contribution in [0.2, 0.25) is 0 Å². The van der Waals surface area contributed by atoms with E-state index in [4.69, 9.17) is 11.5 Å². The lowest BCUT2D eigenvalue weighted by molar-refractivity contribution is -0.135. The quantitative estimate of drug-likeness (QED) is 0.0573. The SMILES string of the molecule is CCCCc1ccc(-c2ccc(C(=O)N[C@@H](CN)C(=O)N[C@H](C(=O)N[C@@H](C)C(=O)N[C@@H](CCCCN)C(=O)N[C@@H](C)B(O)O)[C@@H](C)O)cc2)cc1. The Hall–Kier alpha value is -4.35. The van der Waals surface area contributed by atoms with Crippen molar-refractivity contribution < 1.29 is 39.1 Å². The third kappa shape index (κ3) is 14.1. The zero-order chi connectivity index (χ0) is 38.1. The third-order valence-electron chi connectivity index (χ3n) is 8.32. The van der Waals surface area contributed by atoms with Crippen molar-refractivity contribution in [2.24, 2.45) is 11.5 Å². The first kappa shape index (κ1) is 42.8. The van der Waals surface area contributed by atoms with Gasteiger partial charge in [-0.3, -0.25) is 24.0 Å². The van der Waals surface area contributed by atoms with Gasteiger partial charge in [-0.15, -0.1) is 0 Å². The zero-order valence-corrected chi connectivity index (χ0v) is 29.9. The molecule has 0 aromatic heterocycles. The van der Waals surface area contributed by atoms with Crippen molar-refractivity contribution in [1.29, 1.82) is 0 Å². The molecule has 16 heteroatoms. The number of rotatable bonds is 21. The zero-order valence-electron chi connectivity index (χ0n) is 29.9. The number of hydrogen-bond donors (Lipinski definition) is 10. The molecule has 0 radical (unpaired) electrons. The van der Waals surface area contributed by atoms with E-state index < -0.39 is 72.9 Å². The van der Waals surface area contributed by atoms with Crippen LogP contribution >= 0.6 is 0 Å². The lowest BCUT2D eigenvalue weighted by atomic mass is 9.81. The van der Waals surface area contributed by atoms with Crippen LogP contribution in [0.1, 0.15) is 75.7 Å². The van der Waals surface area contributed by atoms with Crippen LogP contribution in [0.4, 0.5) is 0 Å². The Bertz CT molecular complexity index is 1430. The number of aliphatic hydroxyl groups excluding tert-OH is 1. The van der Waals surface area contributed by atoms with Crippen molar-refractivity contribution in [2.45, 2.75) is 102 Å². The summed E-state index contributed by atoms with van der Waals surface area (Å²) in [5, 5.41) is 41.3. The molecule has 0 heterocycles. The molecule has 0 aliphatic carbocycles. The van der Waals surface area contributed by atoms with E-state index in [1.807, 2.05) is 12.1 Å². The molecule has 0 bridgehead atoms. The number of aliphatic hydroxyl groups is 1. The van der Waals surface area contributed by atoms with Crippen LogP contribution in [0.25, 0.3) is 11.1 Å². The minimum Gasteiger partial charge on any atom is -0.426 e. The molecule has 0 saturated carbocycles. The number of aryl methyl sites for hydroxylation is 1. The number of nitrogens with two attached hydrogens (primary N) is 2.